The van der Waals surface area contributed by atoms with Crippen molar-refractivity contribution in [2.24, 2.45) is 0 Å². The van der Waals surface area contributed by atoms with Gasteiger partial charge in [0.05, 0.1) is 0 Å². The minimum Gasteiger partial charge on any atom is -0.462 e. The molecule has 0 bridgehead atoms. The van der Waals surface area contributed by atoms with Gasteiger partial charge < -0.3 is 14.2 Å². The molecule has 6 heteroatoms. The Kier molecular flexibility index (Phi) is 48.5. The van der Waals surface area contributed by atoms with E-state index in [0.717, 1.165) is 103 Å². The van der Waals surface area contributed by atoms with Crippen LogP contribution in [0.2, 0.25) is 0 Å². The molecule has 0 spiro atoms. The summed E-state index contributed by atoms with van der Waals surface area (Å²) in [4.78, 5) is 37.9. The Morgan fingerprint density at radius 3 is 1.08 bits per heavy atom. The lowest BCUT2D eigenvalue weighted by Crippen LogP contribution is -2.30. The molecular weight excluding hydrogens is 793 g/mol. The second-order valence-electron chi connectivity index (χ2n) is 16.7. The summed E-state index contributed by atoms with van der Waals surface area (Å²) in [6.07, 6.45) is 69.4. The molecule has 0 aromatic carbocycles. The van der Waals surface area contributed by atoms with Crippen molar-refractivity contribution in [3.05, 3.63) is 109 Å². The Hall–Kier alpha value is -3.93. The molecule has 6 nitrogen and oxygen atoms in total. The molecule has 0 unspecified atom stereocenters. The number of hydrogen-bond donors (Lipinski definition) is 0. The molecule has 0 aliphatic rings. The highest BCUT2D eigenvalue weighted by molar-refractivity contribution is 5.71. The summed E-state index contributed by atoms with van der Waals surface area (Å²) in [5, 5.41) is 0. The number of unbranched alkanes of at least 4 members (excludes halogenated alkanes) is 16. The van der Waals surface area contributed by atoms with Crippen molar-refractivity contribution >= 4 is 17.9 Å². The van der Waals surface area contributed by atoms with E-state index in [9.17, 15) is 14.4 Å². The fourth-order valence-electron chi connectivity index (χ4n) is 6.65. The second kappa shape index (κ2) is 51.7. The minimum atomic E-state index is -0.819. The van der Waals surface area contributed by atoms with Crippen LogP contribution in [0.4, 0.5) is 0 Å². The molecular formula is C58H94O6. The van der Waals surface area contributed by atoms with Crippen molar-refractivity contribution in [1.82, 2.24) is 0 Å². The SMILES string of the molecule is CC/C=C\C/C=C\C/C=C\C/C=C\C/C=C\C/C=C\CCC(=O)OC[C@@H](COC(=O)CCCCCCCCCCCC)OC(=O)CCCCCC/C=C\C/C=C\C/C=C\CCCCC. The van der Waals surface area contributed by atoms with Crippen LogP contribution in [0.3, 0.4) is 0 Å². The predicted molar refractivity (Wildman–Crippen MR) is 274 cm³/mol. The molecule has 0 aliphatic heterocycles. The van der Waals surface area contributed by atoms with Gasteiger partial charge in [0, 0.05) is 19.3 Å². The van der Waals surface area contributed by atoms with E-state index in [-0.39, 0.29) is 44.0 Å². The molecule has 0 saturated heterocycles. The Morgan fingerprint density at radius 2 is 0.641 bits per heavy atom. The zero-order valence-electron chi connectivity index (χ0n) is 41.3. The van der Waals surface area contributed by atoms with Crippen molar-refractivity contribution in [3.63, 3.8) is 0 Å². The molecule has 0 amide bonds. The van der Waals surface area contributed by atoms with Gasteiger partial charge in [-0.1, -0.05) is 214 Å². The number of rotatable bonds is 45. The zero-order chi connectivity index (χ0) is 46.5. The first-order valence-electron chi connectivity index (χ1n) is 25.9. The predicted octanol–water partition coefficient (Wildman–Crippen LogP) is 17.1. The van der Waals surface area contributed by atoms with Crippen LogP contribution in [0.15, 0.2) is 109 Å². The van der Waals surface area contributed by atoms with Crippen LogP contribution < -0.4 is 0 Å². The number of ether oxygens (including phenoxy) is 3. The van der Waals surface area contributed by atoms with Gasteiger partial charge in [-0.2, -0.15) is 0 Å². The first-order chi connectivity index (χ1) is 31.5. The highest BCUT2D eigenvalue weighted by Gasteiger charge is 2.19. The van der Waals surface area contributed by atoms with Gasteiger partial charge in [0.25, 0.3) is 0 Å². The number of esters is 3. The molecule has 0 aromatic rings. The summed E-state index contributed by atoms with van der Waals surface area (Å²) in [5.74, 6) is -1.03. The van der Waals surface area contributed by atoms with Crippen LogP contribution >= 0.6 is 0 Å². The Balaban J connectivity index is 4.53. The monoisotopic (exact) mass is 887 g/mol. The standard InChI is InChI=1S/C58H94O6/c1-4-7-10-13-16-19-22-24-26-28-29-31-32-34-36-39-42-45-48-51-57(60)63-54-55(53-62-56(59)50-47-44-41-38-21-18-15-12-9-6-3)64-58(61)52-49-46-43-40-37-35-33-30-27-25-23-20-17-14-11-8-5-2/h7,10,16-17,19-20,24-27,29,31,33-36,42,45,55H,4-6,8-9,11-15,18,21-23,28,30,32,37-41,43-44,46-54H2,1-3H3/b10-7-,19-16-,20-17-,26-24-,27-25-,31-29-,35-33-,36-34-,45-42-/t55-/m1/s1. The average molecular weight is 887 g/mol. The maximum atomic E-state index is 12.8. The third-order valence-corrected chi connectivity index (χ3v) is 10.5. The molecule has 0 fully saturated rings. The lowest BCUT2D eigenvalue weighted by molar-refractivity contribution is -0.166. The Labute approximate surface area is 393 Å². The van der Waals surface area contributed by atoms with Crippen molar-refractivity contribution in [2.75, 3.05) is 13.2 Å². The van der Waals surface area contributed by atoms with Gasteiger partial charge >= 0.3 is 17.9 Å². The molecule has 362 valence electrons. The third kappa shape index (κ3) is 49.1. The highest BCUT2D eigenvalue weighted by Crippen LogP contribution is 2.13. The van der Waals surface area contributed by atoms with Crippen LogP contribution in [-0.2, 0) is 28.6 Å². The quantitative estimate of drug-likeness (QED) is 0.0262. The topological polar surface area (TPSA) is 78.9 Å². The maximum Gasteiger partial charge on any atom is 0.306 e. The number of carbonyl (C=O) groups is 3. The number of carbonyl (C=O) groups excluding carboxylic acids is 3. The largest absolute Gasteiger partial charge is 0.462 e. The summed E-state index contributed by atoms with van der Waals surface area (Å²) < 4.78 is 16.7. The summed E-state index contributed by atoms with van der Waals surface area (Å²) in [6.45, 7) is 6.38. The Morgan fingerprint density at radius 1 is 0.328 bits per heavy atom. The lowest BCUT2D eigenvalue weighted by Gasteiger charge is -2.18. The van der Waals surface area contributed by atoms with Gasteiger partial charge in [0.15, 0.2) is 6.10 Å². The van der Waals surface area contributed by atoms with Crippen molar-refractivity contribution in [3.8, 4) is 0 Å². The molecule has 0 aliphatic carbocycles. The molecule has 1 atom stereocenters. The summed E-state index contributed by atoms with van der Waals surface area (Å²) in [7, 11) is 0. The van der Waals surface area contributed by atoms with Gasteiger partial charge in [-0.25, -0.2) is 0 Å². The van der Waals surface area contributed by atoms with Crippen LogP contribution in [-0.4, -0.2) is 37.2 Å². The van der Waals surface area contributed by atoms with Crippen molar-refractivity contribution in [2.45, 2.75) is 226 Å². The molecule has 0 N–H and O–H groups in total. The van der Waals surface area contributed by atoms with Crippen LogP contribution in [0, 0.1) is 0 Å². The maximum absolute atomic E-state index is 12.8. The van der Waals surface area contributed by atoms with E-state index in [1.54, 1.807) is 0 Å². The normalized spacial score (nSPS) is 13.0. The van der Waals surface area contributed by atoms with E-state index in [1.807, 2.05) is 12.2 Å². The minimum absolute atomic E-state index is 0.111. The van der Waals surface area contributed by atoms with E-state index in [2.05, 4.69) is 118 Å². The van der Waals surface area contributed by atoms with Crippen molar-refractivity contribution < 1.29 is 28.6 Å². The van der Waals surface area contributed by atoms with Gasteiger partial charge in [-0.05, 0) is 96.3 Å². The van der Waals surface area contributed by atoms with E-state index in [1.165, 1.54) is 70.6 Å². The van der Waals surface area contributed by atoms with E-state index < -0.39 is 6.10 Å². The molecule has 64 heavy (non-hydrogen) atoms. The molecule has 0 radical (unpaired) electrons. The van der Waals surface area contributed by atoms with Crippen LogP contribution in [0.1, 0.15) is 220 Å². The van der Waals surface area contributed by atoms with Crippen LogP contribution in [0.5, 0.6) is 0 Å². The number of hydrogen-bond acceptors (Lipinski definition) is 6. The van der Waals surface area contributed by atoms with Gasteiger partial charge in [-0.15, -0.1) is 0 Å². The van der Waals surface area contributed by atoms with Gasteiger partial charge in [0.1, 0.15) is 13.2 Å². The van der Waals surface area contributed by atoms with E-state index in [4.69, 9.17) is 14.2 Å². The summed E-state index contributed by atoms with van der Waals surface area (Å²) in [6, 6.07) is 0. The fraction of sp³-hybridized carbons (Fsp3) is 0.638. The molecule has 0 aromatic heterocycles. The summed E-state index contributed by atoms with van der Waals surface area (Å²) in [5.41, 5.74) is 0. The fourth-order valence-corrected chi connectivity index (χ4v) is 6.65. The van der Waals surface area contributed by atoms with Crippen LogP contribution in [0.25, 0.3) is 0 Å². The lowest BCUT2D eigenvalue weighted by atomic mass is 10.1. The zero-order valence-corrected chi connectivity index (χ0v) is 41.3. The second-order valence-corrected chi connectivity index (χ2v) is 16.7. The van der Waals surface area contributed by atoms with Gasteiger partial charge in [0.2, 0.25) is 0 Å². The summed E-state index contributed by atoms with van der Waals surface area (Å²) >= 11 is 0. The van der Waals surface area contributed by atoms with E-state index >= 15 is 0 Å². The Bertz CT molecular complexity index is 1340. The first kappa shape index (κ1) is 60.1. The smallest absolute Gasteiger partial charge is 0.306 e. The van der Waals surface area contributed by atoms with Gasteiger partial charge in [-0.3, -0.25) is 14.4 Å². The molecule has 0 rings (SSSR count). The average Bonchev–Trinajstić information content (AvgIpc) is 3.29. The van der Waals surface area contributed by atoms with Crippen molar-refractivity contribution in [1.29, 1.82) is 0 Å². The number of allylic oxidation sites excluding steroid dienone is 18. The highest BCUT2D eigenvalue weighted by atomic mass is 16.6. The first-order valence-corrected chi connectivity index (χ1v) is 25.9. The van der Waals surface area contributed by atoms with E-state index in [0.29, 0.717) is 12.8 Å². The third-order valence-electron chi connectivity index (χ3n) is 10.5. The molecule has 0 heterocycles. The molecule has 0 saturated carbocycles.